The predicted octanol–water partition coefficient (Wildman–Crippen LogP) is 3.14. The Morgan fingerprint density at radius 1 is 1.59 bits per heavy atom. The standard InChI is InChI=1S/C12H16BrN3S/c1-3-14-10(11-6-9(13)8-17-11)7-12-15-4-5-16(12)2/h4-6,8,10,14H,3,7H2,1-2H3. The Hall–Kier alpha value is -0.650. The fourth-order valence-corrected chi connectivity index (χ4v) is 3.33. The molecule has 0 aliphatic carbocycles. The molecule has 0 amide bonds. The summed E-state index contributed by atoms with van der Waals surface area (Å²) in [4.78, 5) is 5.73. The van der Waals surface area contributed by atoms with Gasteiger partial charge in [-0.2, -0.15) is 0 Å². The maximum atomic E-state index is 4.39. The van der Waals surface area contributed by atoms with Crippen molar-refractivity contribution in [2.45, 2.75) is 19.4 Å². The van der Waals surface area contributed by atoms with Gasteiger partial charge in [-0.1, -0.05) is 6.92 Å². The van der Waals surface area contributed by atoms with Crippen LogP contribution in [0.1, 0.15) is 23.7 Å². The molecule has 2 rings (SSSR count). The summed E-state index contributed by atoms with van der Waals surface area (Å²) in [7, 11) is 2.04. The van der Waals surface area contributed by atoms with Gasteiger partial charge in [0, 0.05) is 46.6 Å². The average molecular weight is 314 g/mol. The van der Waals surface area contributed by atoms with Gasteiger partial charge in [-0.25, -0.2) is 4.98 Å². The van der Waals surface area contributed by atoms with E-state index in [1.54, 1.807) is 11.3 Å². The lowest BCUT2D eigenvalue weighted by Gasteiger charge is -2.16. The minimum absolute atomic E-state index is 0.345. The number of hydrogen-bond donors (Lipinski definition) is 1. The molecular weight excluding hydrogens is 298 g/mol. The topological polar surface area (TPSA) is 29.9 Å². The molecule has 0 saturated carbocycles. The molecule has 1 atom stereocenters. The number of aromatic nitrogens is 2. The quantitative estimate of drug-likeness (QED) is 0.919. The van der Waals surface area contributed by atoms with E-state index in [1.165, 1.54) is 4.88 Å². The van der Waals surface area contributed by atoms with Crippen LogP contribution in [0.3, 0.4) is 0 Å². The Bertz CT molecular complexity index is 478. The SMILES string of the molecule is CCNC(Cc1nccn1C)c1cc(Br)cs1. The first-order valence-electron chi connectivity index (χ1n) is 5.64. The maximum absolute atomic E-state index is 4.39. The summed E-state index contributed by atoms with van der Waals surface area (Å²) in [6, 6.07) is 2.53. The van der Waals surface area contributed by atoms with Gasteiger partial charge in [0.05, 0.1) is 0 Å². The van der Waals surface area contributed by atoms with Crippen LogP contribution in [0.15, 0.2) is 28.3 Å². The van der Waals surface area contributed by atoms with Crippen molar-refractivity contribution in [1.29, 1.82) is 0 Å². The highest BCUT2D eigenvalue weighted by Crippen LogP contribution is 2.27. The van der Waals surface area contributed by atoms with Gasteiger partial charge in [-0.05, 0) is 28.5 Å². The third kappa shape index (κ3) is 3.18. The van der Waals surface area contributed by atoms with Crippen molar-refractivity contribution in [3.8, 4) is 0 Å². The van der Waals surface area contributed by atoms with Crippen LogP contribution in [-0.2, 0) is 13.5 Å². The van der Waals surface area contributed by atoms with Crippen LogP contribution in [0, 0.1) is 0 Å². The van der Waals surface area contributed by atoms with Crippen molar-refractivity contribution in [3.05, 3.63) is 39.0 Å². The molecule has 1 unspecified atom stereocenters. The van der Waals surface area contributed by atoms with E-state index in [9.17, 15) is 0 Å². The Morgan fingerprint density at radius 3 is 2.94 bits per heavy atom. The summed E-state index contributed by atoms with van der Waals surface area (Å²) in [5, 5.41) is 5.64. The summed E-state index contributed by atoms with van der Waals surface area (Å²) < 4.78 is 3.23. The molecular formula is C12H16BrN3S. The van der Waals surface area contributed by atoms with Crippen LogP contribution in [0.5, 0.6) is 0 Å². The zero-order valence-electron chi connectivity index (χ0n) is 9.98. The molecule has 2 aromatic rings. The summed E-state index contributed by atoms with van der Waals surface area (Å²) in [5.74, 6) is 1.11. The summed E-state index contributed by atoms with van der Waals surface area (Å²) in [6.07, 6.45) is 4.76. The Balaban J connectivity index is 2.15. The molecule has 0 spiro atoms. The van der Waals surface area contributed by atoms with E-state index in [4.69, 9.17) is 0 Å². The molecule has 0 saturated heterocycles. The van der Waals surface area contributed by atoms with Gasteiger partial charge in [0.15, 0.2) is 0 Å². The summed E-state index contributed by atoms with van der Waals surface area (Å²) >= 11 is 5.28. The van der Waals surface area contributed by atoms with Gasteiger partial charge in [0.25, 0.3) is 0 Å². The maximum Gasteiger partial charge on any atom is 0.110 e. The van der Waals surface area contributed by atoms with Crippen molar-refractivity contribution in [3.63, 3.8) is 0 Å². The van der Waals surface area contributed by atoms with Crippen molar-refractivity contribution in [2.24, 2.45) is 7.05 Å². The Kier molecular flexibility index (Phi) is 4.36. The molecule has 92 valence electrons. The fraction of sp³-hybridized carbons (Fsp3) is 0.417. The normalized spacial score (nSPS) is 12.9. The molecule has 0 aliphatic rings. The molecule has 0 radical (unpaired) electrons. The van der Waals surface area contributed by atoms with Crippen LogP contribution >= 0.6 is 27.3 Å². The zero-order valence-corrected chi connectivity index (χ0v) is 12.4. The van der Waals surface area contributed by atoms with E-state index in [2.05, 4.69) is 49.2 Å². The van der Waals surface area contributed by atoms with Crippen molar-refractivity contribution < 1.29 is 0 Å². The van der Waals surface area contributed by atoms with Gasteiger partial charge >= 0.3 is 0 Å². The first-order chi connectivity index (χ1) is 8.20. The van der Waals surface area contributed by atoms with E-state index in [-0.39, 0.29) is 0 Å². The number of aryl methyl sites for hydroxylation is 1. The average Bonchev–Trinajstić information content (AvgIpc) is 2.88. The lowest BCUT2D eigenvalue weighted by atomic mass is 10.1. The number of rotatable bonds is 5. The first kappa shape index (κ1) is 12.8. The number of imidazole rings is 1. The number of hydrogen-bond acceptors (Lipinski definition) is 3. The van der Waals surface area contributed by atoms with Gasteiger partial charge in [-0.15, -0.1) is 11.3 Å². The highest BCUT2D eigenvalue weighted by Gasteiger charge is 2.15. The molecule has 17 heavy (non-hydrogen) atoms. The summed E-state index contributed by atoms with van der Waals surface area (Å²) in [6.45, 7) is 3.10. The second kappa shape index (κ2) is 5.80. The zero-order chi connectivity index (χ0) is 12.3. The highest BCUT2D eigenvalue weighted by atomic mass is 79.9. The molecule has 2 heterocycles. The largest absolute Gasteiger partial charge is 0.338 e. The second-order valence-electron chi connectivity index (χ2n) is 3.94. The van der Waals surface area contributed by atoms with Crippen LogP contribution in [0.2, 0.25) is 0 Å². The lowest BCUT2D eigenvalue weighted by molar-refractivity contribution is 0.536. The number of nitrogens with zero attached hydrogens (tertiary/aromatic N) is 2. The number of halogens is 1. The van der Waals surface area contributed by atoms with Gasteiger partial charge in [0.1, 0.15) is 5.82 Å². The smallest absolute Gasteiger partial charge is 0.110 e. The van der Waals surface area contributed by atoms with Crippen LogP contribution < -0.4 is 5.32 Å². The van der Waals surface area contributed by atoms with Crippen LogP contribution in [-0.4, -0.2) is 16.1 Å². The predicted molar refractivity (Wildman–Crippen MR) is 75.3 cm³/mol. The Morgan fingerprint density at radius 2 is 2.41 bits per heavy atom. The number of nitrogens with one attached hydrogen (secondary N) is 1. The molecule has 3 nitrogen and oxygen atoms in total. The van der Waals surface area contributed by atoms with E-state index >= 15 is 0 Å². The van der Waals surface area contributed by atoms with Gasteiger partial charge in [-0.3, -0.25) is 0 Å². The minimum atomic E-state index is 0.345. The van der Waals surface area contributed by atoms with E-state index < -0.39 is 0 Å². The highest BCUT2D eigenvalue weighted by molar-refractivity contribution is 9.10. The molecule has 1 N–H and O–H groups in total. The van der Waals surface area contributed by atoms with Crippen LogP contribution in [0.4, 0.5) is 0 Å². The van der Waals surface area contributed by atoms with Crippen molar-refractivity contribution >= 4 is 27.3 Å². The molecule has 0 aromatic carbocycles. The number of thiophene rings is 1. The third-order valence-electron chi connectivity index (χ3n) is 2.69. The minimum Gasteiger partial charge on any atom is -0.338 e. The van der Waals surface area contributed by atoms with E-state index in [1.807, 2.05) is 19.4 Å². The molecule has 2 aromatic heterocycles. The number of likely N-dealkylation sites (N-methyl/N-ethyl adjacent to an activating group) is 1. The third-order valence-corrected chi connectivity index (χ3v) is 4.50. The van der Waals surface area contributed by atoms with E-state index in [0.717, 1.165) is 23.3 Å². The molecule has 0 aliphatic heterocycles. The molecule has 0 fully saturated rings. The van der Waals surface area contributed by atoms with Gasteiger partial charge < -0.3 is 9.88 Å². The second-order valence-corrected chi connectivity index (χ2v) is 5.79. The lowest BCUT2D eigenvalue weighted by Crippen LogP contribution is -2.23. The van der Waals surface area contributed by atoms with Gasteiger partial charge in [0.2, 0.25) is 0 Å². The monoisotopic (exact) mass is 313 g/mol. The molecule has 5 heteroatoms. The van der Waals surface area contributed by atoms with Crippen LogP contribution in [0.25, 0.3) is 0 Å². The van der Waals surface area contributed by atoms with Crippen molar-refractivity contribution in [1.82, 2.24) is 14.9 Å². The van der Waals surface area contributed by atoms with E-state index in [0.29, 0.717) is 6.04 Å². The van der Waals surface area contributed by atoms with Crippen molar-refractivity contribution in [2.75, 3.05) is 6.54 Å². The Labute approximate surface area is 114 Å². The summed E-state index contributed by atoms with van der Waals surface area (Å²) in [5.41, 5.74) is 0. The molecule has 0 bridgehead atoms. The first-order valence-corrected chi connectivity index (χ1v) is 7.31. The fourth-order valence-electron chi connectivity index (χ4n) is 1.81.